The minimum atomic E-state index is -1.53. The second kappa shape index (κ2) is 11.1. The number of ether oxygens (including phenoxy) is 2. The minimum absolute atomic E-state index is 0.0368. The zero-order valence-electron chi connectivity index (χ0n) is 19.8. The fraction of sp³-hybridized carbons (Fsp3) is 0.500. The van der Waals surface area contributed by atoms with Crippen LogP contribution >= 0.6 is 0 Å². The molecule has 1 aromatic carbocycles. The number of Topliss-reactive ketones (excluding diaryl/α,β-unsaturated/α-hetero) is 1. The van der Waals surface area contributed by atoms with Gasteiger partial charge in [0.2, 0.25) is 6.04 Å². The van der Waals surface area contributed by atoms with Crippen LogP contribution in [0.5, 0.6) is 0 Å². The van der Waals surface area contributed by atoms with E-state index in [1.54, 1.807) is 32.9 Å². The van der Waals surface area contributed by atoms with Gasteiger partial charge in [-0.05, 0) is 68.0 Å². The second-order valence-electron chi connectivity index (χ2n) is 9.22. The lowest BCUT2D eigenvalue weighted by Gasteiger charge is -2.23. The number of tetrazole rings is 1. The zero-order valence-corrected chi connectivity index (χ0v) is 19.8. The molecule has 0 bridgehead atoms. The van der Waals surface area contributed by atoms with Gasteiger partial charge < -0.3 is 15.2 Å². The maximum atomic E-state index is 13.4. The lowest BCUT2D eigenvalue weighted by atomic mass is 9.98. The van der Waals surface area contributed by atoms with Gasteiger partial charge in [-0.1, -0.05) is 36.4 Å². The molecule has 0 saturated carbocycles. The second-order valence-corrected chi connectivity index (χ2v) is 9.22. The molecule has 1 aliphatic carbocycles. The van der Waals surface area contributed by atoms with Crippen LogP contribution in [-0.2, 0) is 30.5 Å². The fourth-order valence-electron chi connectivity index (χ4n) is 3.63. The van der Waals surface area contributed by atoms with Crippen LogP contribution in [0.2, 0.25) is 0 Å². The van der Waals surface area contributed by atoms with Crippen LogP contribution in [0.25, 0.3) is 5.57 Å². The number of carbonyl (C=O) groups excluding carboxylic acids is 3. The lowest BCUT2D eigenvalue weighted by molar-refractivity contribution is -0.158. The third-order valence-corrected chi connectivity index (χ3v) is 5.20. The highest BCUT2D eigenvalue weighted by molar-refractivity contribution is 6.04. The van der Waals surface area contributed by atoms with Crippen LogP contribution in [0.3, 0.4) is 0 Å². The van der Waals surface area contributed by atoms with Crippen molar-refractivity contribution in [2.75, 3.05) is 0 Å². The van der Waals surface area contributed by atoms with Crippen molar-refractivity contribution in [2.45, 2.75) is 77.2 Å². The molecular formula is C24H31N5O5. The quantitative estimate of drug-likeness (QED) is 0.433. The first-order chi connectivity index (χ1) is 16.2. The monoisotopic (exact) mass is 469 g/mol. The van der Waals surface area contributed by atoms with Crippen molar-refractivity contribution in [3.63, 3.8) is 0 Å². The van der Waals surface area contributed by atoms with E-state index >= 15 is 0 Å². The van der Waals surface area contributed by atoms with Crippen molar-refractivity contribution in [2.24, 2.45) is 5.73 Å². The first-order valence-corrected chi connectivity index (χ1v) is 11.3. The Bertz CT molecular complexity index is 1040. The Morgan fingerprint density at radius 2 is 1.88 bits per heavy atom. The molecule has 0 radical (unpaired) electrons. The molecule has 3 rings (SSSR count). The van der Waals surface area contributed by atoms with E-state index in [1.807, 2.05) is 24.3 Å². The molecule has 0 aliphatic heterocycles. The highest BCUT2D eigenvalue weighted by Gasteiger charge is 2.38. The van der Waals surface area contributed by atoms with Gasteiger partial charge >= 0.3 is 11.9 Å². The average molecular weight is 470 g/mol. The summed E-state index contributed by atoms with van der Waals surface area (Å²) in [6.45, 7) is 5.11. The summed E-state index contributed by atoms with van der Waals surface area (Å²) < 4.78 is 11.9. The summed E-state index contributed by atoms with van der Waals surface area (Å²) in [5.74, 6) is -1.90. The Morgan fingerprint density at radius 1 is 1.15 bits per heavy atom. The third-order valence-electron chi connectivity index (χ3n) is 5.20. The topological polar surface area (TPSA) is 139 Å². The van der Waals surface area contributed by atoms with Crippen LogP contribution in [0.1, 0.15) is 70.3 Å². The first-order valence-electron chi connectivity index (χ1n) is 11.3. The summed E-state index contributed by atoms with van der Waals surface area (Å²) in [5.41, 5.74) is 6.94. The van der Waals surface area contributed by atoms with E-state index in [2.05, 4.69) is 15.5 Å². The summed E-state index contributed by atoms with van der Waals surface area (Å²) in [6, 6.07) is 6.24. The SMILES string of the molecule is CC(C)(C)OC(=O)CC(N)C(=O)C(C(=O)OCc1ccccc1)n1nnnc1C1=CCCCC1. The highest BCUT2D eigenvalue weighted by Crippen LogP contribution is 2.27. The Labute approximate surface area is 198 Å². The smallest absolute Gasteiger partial charge is 0.339 e. The summed E-state index contributed by atoms with van der Waals surface area (Å²) in [6.07, 6.45) is 5.20. The Morgan fingerprint density at radius 3 is 2.53 bits per heavy atom. The van der Waals surface area contributed by atoms with Gasteiger partial charge in [0, 0.05) is 0 Å². The summed E-state index contributed by atoms with van der Waals surface area (Å²) in [7, 11) is 0. The maximum Gasteiger partial charge on any atom is 0.339 e. The molecule has 182 valence electrons. The standard InChI is InChI=1S/C24H31N5O5/c1-24(2,3)34-19(30)14-18(25)21(31)20(23(32)33-15-16-10-6-4-7-11-16)29-22(26-27-28-29)17-12-8-5-9-13-17/h4,6-7,10-12,18,20H,5,8-9,13-15,25H2,1-3H3. The Hall–Kier alpha value is -3.40. The Kier molecular flexibility index (Phi) is 8.27. The molecule has 0 saturated heterocycles. The summed E-state index contributed by atoms with van der Waals surface area (Å²) >= 11 is 0. The van der Waals surface area contributed by atoms with E-state index in [9.17, 15) is 14.4 Å². The predicted octanol–water partition coefficient (Wildman–Crippen LogP) is 2.54. The third kappa shape index (κ3) is 6.80. The minimum Gasteiger partial charge on any atom is -0.460 e. The maximum absolute atomic E-state index is 13.4. The largest absolute Gasteiger partial charge is 0.460 e. The number of ketones is 1. The number of hydrogen-bond donors (Lipinski definition) is 1. The van der Waals surface area contributed by atoms with Gasteiger partial charge in [-0.15, -0.1) is 5.10 Å². The molecule has 2 N–H and O–H groups in total. The fourth-order valence-corrected chi connectivity index (χ4v) is 3.63. The molecule has 0 spiro atoms. The van der Waals surface area contributed by atoms with E-state index in [4.69, 9.17) is 15.2 Å². The van der Waals surface area contributed by atoms with E-state index in [0.29, 0.717) is 5.82 Å². The van der Waals surface area contributed by atoms with Crippen molar-refractivity contribution in [1.29, 1.82) is 0 Å². The van der Waals surface area contributed by atoms with Gasteiger partial charge in [0.25, 0.3) is 0 Å². The molecule has 0 amide bonds. The summed E-state index contributed by atoms with van der Waals surface area (Å²) in [4.78, 5) is 38.8. The number of nitrogens with zero attached hydrogens (tertiary/aromatic N) is 4. The molecule has 1 aliphatic rings. The van der Waals surface area contributed by atoms with Crippen molar-refractivity contribution < 1.29 is 23.9 Å². The molecule has 10 nitrogen and oxygen atoms in total. The number of carbonyl (C=O) groups is 3. The zero-order chi connectivity index (χ0) is 24.7. The van der Waals surface area contributed by atoms with Crippen molar-refractivity contribution in [3.8, 4) is 0 Å². The van der Waals surface area contributed by atoms with Crippen molar-refractivity contribution >= 4 is 23.3 Å². The van der Waals surface area contributed by atoms with Crippen LogP contribution in [0.4, 0.5) is 0 Å². The molecule has 2 aromatic rings. The molecule has 2 atom stereocenters. The molecule has 2 unspecified atom stereocenters. The van der Waals surface area contributed by atoms with Gasteiger partial charge in [0.1, 0.15) is 12.2 Å². The number of nitrogens with two attached hydrogens (primary N) is 1. The van der Waals surface area contributed by atoms with Crippen molar-refractivity contribution in [1.82, 2.24) is 20.2 Å². The molecule has 0 fully saturated rings. The summed E-state index contributed by atoms with van der Waals surface area (Å²) in [5, 5.41) is 11.7. The molecular weight excluding hydrogens is 438 g/mol. The molecule has 34 heavy (non-hydrogen) atoms. The van der Waals surface area contributed by atoms with Crippen LogP contribution in [0.15, 0.2) is 36.4 Å². The number of benzene rings is 1. The molecule has 1 heterocycles. The predicted molar refractivity (Wildman–Crippen MR) is 123 cm³/mol. The number of aromatic nitrogens is 4. The van der Waals surface area contributed by atoms with Crippen molar-refractivity contribution in [3.05, 3.63) is 47.8 Å². The molecule has 10 heteroatoms. The number of esters is 2. The van der Waals surface area contributed by atoms with E-state index in [0.717, 1.165) is 41.5 Å². The number of hydrogen-bond acceptors (Lipinski definition) is 9. The van der Waals surface area contributed by atoms with Gasteiger partial charge in [0.15, 0.2) is 11.6 Å². The van der Waals surface area contributed by atoms with E-state index < -0.39 is 41.8 Å². The first kappa shape index (κ1) is 25.2. The van der Waals surface area contributed by atoms with E-state index in [1.165, 1.54) is 0 Å². The van der Waals surface area contributed by atoms with Gasteiger partial charge in [-0.3, -0.25) is 9.59 Å². The average Bonchev–Trinajstić information content (AvgIpc) is 3.27. The Balaban J connectivity index is 1.85. The van der Waals surface area contributed by atoms with E-state index in [-0.39, 0.29) is 6.61 Å². The number of rotatable bonds is 9. The van der Waals surface area contributed by atoms with Gasteiger partial charge in [-0.25, -0.2) is 9.48 Å². The highest BCUT2D eigenvalue weighted by atomic mass is 16.6. The molecule has 1 aromatic heterocycles. The number of allylic oxidation sites excluding steroid dienone is 2. The van der Waals surface area contributed by atoms with Crippen LogP contribution in [0, 0.1) is 0 Å². The normalized spacial score (nSPS) is 15.7. The lowest BCUT2D eigenvalue weighted by Crippen LogP contribution is -2.43. The van der Waals surface area contributed by atoms with Gasteiger partial charge in [-0.2, -0.15) is 0 Å². The van der Waals surface area contributed by atoms with Crippen LogP contribution in [-0.4, -0.2) is 49.6 Å². The van der Waals surface area contributed by atoms with Crippen LogP contribution < -0.4 is 5.73 Å². The van der Waals surface area contributed by atoms with Gasteiger partial charge in [0.05, 0.1) is 12.5 Å².